The van der Waals surface area contributed by atoms with Crippen molar-refractivity contribution >= 4 is 28.4 Å². The number of methoxy groups -OCH3 is 2. The Kier molecular flexibility index (Phi) is 9.06. The molecule has 1 atom stereocenters. The highest BCUT2D eigenvalue weighted by atomic mass is 16.5. The summed E-state index contributed by atoms with van der Waals surface area (Å²) in [6.45, 7) is 8.53. The molecular weight excluding hydrogens is 601 g/mol. The molecule has 0 amide bonds. The van der Waals surface area contributed by atoms with Gasteiger partial charge < -0.3 is 19.3 Å². The summed E-state index contributed by atoms with van der Waals surface area (Å²) < 4.78 is 11.4. The second kappa shape index (κ2) is 13.9. The molecule has 2 aliphatic rings. The van der Waals surface area contributed by atoms with Gasteiger partial charge in [-0.25, -0.2) is 0 Å². The number of hydrogen-bond donors (Lipinski definition) is 0. The van der Waals surface area contributed by atoms with Crippen LogP contribution in [-0.2, 0) is 10.2 Å². The predicted molar refractivity (Wildman–Crippen MR) is 205 cm³/mol. The number of fused-ring (bicyclic) bond motifs is 3. The van der Waals surface area contributed by atoms with E-state index in [-0.39, 0.29) is 11.5 Å². The molecule has 4 nitrogen and oxygen atoms in total. The van der Waals surface area contributed by atoms with Gasteiger partial charge in [-0.3, -0.25) is 0 Å². The number of allylic oxidation sites excluding steroid dienone is 4. The van der Waals surface area contributed by atoms with Crippen LogP contribution in [0, 0.1) is 0 Å². The van der Waals surface area contributed by atoms with Crippen molar-refractivity contribution in [2.24, 2.45) is 0 Å². The Morgan fingerprint density at radius 3 is 1.78 bits per heavy atom. The van der Waals surface area contributed by atoms with Gasteiger partial charge in [0.05, 0.1) is 13.2 Å². The highest BCUT2D eigenvalue weighted by Crippen LogP contribution is 2.56. The van der Waals surface area contributed by atoms with Crippen molar-refractivity contribution in [3.63, 3.8) is 0 Å². The van der Waals surface area contributed by atoms with Gasteiger partial charge in [0.1, 0.15) is 5.75 Å². The maximum atomic E-state index is 5.78. The lowest BCUT2D eigenvalue weighted by molar-refractivity contribution is 0.140. The van der Waals surface area contributed by atoms with Gasteiger partial charge >= 0.3 is 0 Å². The van der Waals surface area contributed by atoms with Crippen LogP contribution in [0.1, 0.15) is 30.4 Å². The number of anilines is 5. The van der Waals surface area contributed by atoms with Gasteiger partial charge in [0, 0.05) is 59.1 Å². The molecule has 49 heavy (non-hydrogen) atoms. The van der Waals surface area contributed by atoms with Crippen molar-refractivity contribution in [1.29, 1.82) is 0 Å². The van der Waals surface area contributed by atoms with E-state index in [0.717, 1.165) is 53.4 Å². The van der Waals surface area contributed by atoms with Crippen LogP contribution in [0.15, 0.2) is 171 Å². The Balaban J connectivity index is 1.40. The Morgan fingerprint density at radius 1 is 0.653 bits per heavy atom. The van der Waals surface area contributed by atoms with Crippen molar-refractivity contribution in [2.45, 2.75) is 30.8 Å². The summed E-state index contributed by atoms with van der Waals surface area (Å²) in [7, 11) is 3.49. The van der Waals surface area contributed by atoms with E-state index in [9.17, 15) is 0 Å². The van der Waals surface area contributed by atoms with Crippen molar-refractivity contribution in [3.05, 3.63) is 182 Å². The molecule has 0 spiro atoms. The molecule has 0 fully saturated rings. The van der Waals surface area contributed by atoms with Gasteiger partial charge in [0.15, 0.2) is 0 Å². The number of benzene rings is 5. The largest absolute Gasteiger partial charge is 0.497 e. The summed E-state index contributed by atoms with van der Waals surface area (Å²) in [6.07, 6.45) is 12.9. The van der Waals surface area contributed by atoms with Crippen molar-refractivity contribution in [3.8, 4) is 16.9 Å². The normalized spacial score (nSPS) is 15.5. The topological polar surface area (TPSA) is 24.9 Å². The predicted octanol–water partition coefficient (Wildman–Crippen LogP) is 11.6. The Morgan fingerprint density at radius 2 is 1.20 bits per heavy atom. The molecule has 5 aromatic carbocycles. The maximum absolute atomic E-state index is 5.78. The highest BCUT2D eigenvalue weighted by molar-refractivity contribution is 5.88. The minimum absolute atomic E-state index is 0.0288. The zero-order valence-corrected chi connectivity index (χ0v) is 28.3. The third-order valence-electron chi connectivity index (χ3n) is 9.78. The van der Waals surface area contributed by atoms with Crippen LogP contribution in [-0.4, -0.2) is 20.3 Å². The van der Waals surface area contributed by atoms with Gasteiger partial charge in [0.25, 0.3) is 0 Å². The van der Waals surface area contributed by atoms with Crippen molar-refractivity contribution in [2.75, 3.05) is 24.0 Å². The summed E-state index contributed by atoms with van der Waals surface area (Å²) in [6, 6.07) is 43.2. The van der Waals surface area contributed by atoms with Gasteiger partial charge in [-0.05, 0) is 102 Å². The summed E-state index contributed by atoms with van der Waals surface area (Å²) in [5, 5.41) is 0. The lowest BCUT2D eigenvalue weighted by Crippen LogP contribution is -2.26. The zero-order valence-electron chi connectivity index (χ0n) is 28.3. The molecule has 5 aromatic rings. The highest BCUT2D eigenvalue weighted by Gasteiger charge is 2.42. The van der Waals surface area contributed by atoms with Crippen LogP contribution in [0.2, 0.25) is 0 Å². The van der Waals surface area contributed by atoms with E-state index >= 15 is 0 Å². The van der Waals surface area contributed by atoms with E-state index in [0.29, 0.717) is 0 Å². The van der Waals surface area contributed by atoms with Crippen molar-refractivity contribution < 1.29 is 9.47 Å². The molecule has 0 aromatic heterocycles. The Bertz CT molecular complexity index is 2020. The number of rotatable bonds is 12. The molecule has 244 valence electrons. The first-order chi connectivity index (χ1) is 24.1. The average molecular weight is 643 g/mol. The van der Waals surface area contributed by atoms with E-state index in [2.05, 4.69) is 163 Å². The fourth-order valence-electron chi connectivity index (χ4n) is 7.56. The molecule has 1 unspecified atom stereocenters. The van der Waals surface area contributed by atoms with Crippen LogP contribution in [0.25, 0.3) is 11.1 Å². The molecule has 0 aliphatic heterocycles. The van der Waals surface area contributed by atoms with E-state index in [1.165, 1.54) is 28.0 Å². The smallest absolute Gasteiger partial charge is 0.120 e. The summed E-state index contributed by atoms with van der Waals surface area (Å²) in [4.78, 5) is 4.67. The molecule has 0 saturated carbocycles. The molecular formula is C45H42N2O2. The summed E-state index contributed by atoms with van der Waals surface area (Å²) >= 11 is 0. The molecule has 0 N–H and O–H groups in total. The second-order valence-electron chi connectivity index (χ2n) is 12.6. The molecule has 0 bridgehead atoms. The van der Waals surface area contributed by atoms with E-state index in [4.69, 9.17) is 9.47 Å². The van der Waals surface area contributed by atoms with E-state index in [1.54, 1.807) is 14.2 Å². The average Bonchev–Trinajstić information content (AvgIpc) is 3.41. The van der Waals surface area contributed by atoms with Gasteiger partial charge in [-0.2, -0.15) is 0 Å². The number of nitrogens with zero attached hydrogens (tertiary/aromatic N) is 2. The SMILES string of the molecule is C=CCC1(CC=C)c2cc(N(C3=CC=CC(OC)C3)c3ccccc3)ccc2-c2ccc(N(c3ccccc3)c3cccc(OC)c3)cc21. The first-order valence-corrected chi connectivity index (χ1v) is 16.9. The van der Waals surface area contributed by atoms with Crippen LogP contribution >= 0.6 is 0 Å². The molecule has 0 radical (unpaired) electrons. The summed E-state index contributed by atoms with van der Waals surface area (Å²) in [5.41, 5.74) is 11.4. The first-order valence-electron chi connectivity index (χ1n) is 16.9. The van der Waals surface area contributed by atoms with Crippen LogP contribution < -0.4 is 14.5 Å². The number of ether oxygens (including phenoxy) is 2. The molecule has 2 aliphatic carbocycles. The third kappa shape index (κ3) is 5.90. The van der Waals surface area contributed by atoms with Crippen LogP contribution in [0.3, 0.4) is 0 Å². The van der Waals surface area contributed by atoms with Gasteiger partial charge in [-0.15, -0.1) is 13.2 Å². The first kappa shape index (κ1) is 32.0. The Labute approximate surface area is 290 Å². The minimum atomic E-state index is -0.338. The zero-order chi connectivity index (χ0) is 33.8. The lowest BCUT2D eigenvalue weighted by Gasteiger charge is -2.34. The van der Waals surface area contributed by atoms with E-state index in [1.807, 2.05) is 12.1 Å². The standard InChI is InChI=1S/C45H42N2O2/c1-5-27-45(28-6-2)43-31-37(46(33-15-9-7-10-16-33)35-19-13-21-39(29-35)48-3)23-25-41(43)42-26-24-38(32-44(42)45)47(34-17-11-8-12-18-34)36-20-14-22-40(30-36)49-4/h5-26,29,31-32,40H,1-2,27-28,30H2,3-4H3. The monoisotopic (exact) mass is 642 g/mol. The quantitative estimate of drug-likeness (QED) is 0.126. The fourth-order valence-corrected chi connectivity index (χ4v) is 7.56. The third-order valence-corrected chi connectivity index (χ3v) is 9.78. The van der Waals surface area contributed by atoms with E-state index < -0.39 is 0 Å². The second-order valence-corrected chi connectivity index (χ2v) is 12.6. The Hall–Kier alpha value is -5.58. The van der Waals surface area contributed by atoms with Gasteiger partial charge in [-0.1, -0.05) is 78.9 Å². The molecule has 4 heteroatoms. The molecule has 7 rings (SSSR count). The van der Waals surface area contributed by atoms with Crippen molar-refractivity contribution in [1.82, 2.24) is 0 Å². The summed E-state index contributed by atoms with van der Waals surface area (Å²) in [5.74, 6) is 0.815. The van der Waals surface area contributed by atoms with Gasteiger partial charge in [0.2, 0.25) is 0 Å². The lowest BCUT2D eigenvalue weighted by atomic mass is 9.72. The number of hydrogen-bond acceptors (Lipinski definition) is 4. The van der Waals surface area contributed by atoms with Crippen LogP contribution in [0.4, 0.5) is 28.4 Å². The van der Waals surface area contributed by atoms with Crippen LogP contribution in [0.5, 0.6) is 5.75 Å². The minimum Gasteiger partial charge on any atom is -0.497 e. The number of para-hydroxylation sites is 2. The molecule has 0 heterocycles. The fraction of sp³-hybridized carbons (Fsp3) is 0.156. The maximum Gasteiger partial charge on any atom is 0.120 e. The molecule has 0 saturated heterocycles.